The van der Waals surface area contributed by atoms with Crippen molar-refractivity contribution in [3.63, 3.8) is 0 Å². The first-order valence-corrected chi connectivity index (χ1v) is 6.95. The molecule has 2 aromatic carbocycles. The predicted octanol–water partition coefficient (Wildman–Crippen LogP) is 4.13. The van der Waals surface area contributed by atoms with Crippen LogP contribution in [0.4, 0.5) is 8.78 Å². The van der Waals surface area contributed by atoms with Crippen LogP contribution < -0.4 is 10.5 Å². The van der Waals surface area contributed by atoms with E-state index in [1.807, 2.05) is 38.1 Å². The Kier molecular flexibility index (Phi) is 4.91. The fourth-order valence-electron chi connectivity index (χ4n) is 2.07. The number of halogens is 2. The van der Waals surface area contributed by atoms with E-state index in [9.17, 15) is 8.78 Å². The molecule has 0 amide bonds. The number of benzene rings is 2. The molecular weight excluding hydrogens is 272 g/mol. The van der Waals surface area contributed by atoms with E-state index in [0.29, 0.717) is 6.42 Å². The van der Waals surface area contributed by atoms with E-state index in [0.717, 1.165) is 23.3 Å². The van der Waals surface area contributed by atoms with Crippen LogP contribution in [0.3, 0.4) is 0 Å². The van der Waals surface area contributed by atoms with E-state index in [1.54, 1.807) is 0 Å². The highest BCUT2D eigenvalue weighted by molar-refractivity contribution is 5.28. The molecule has 0 radical (unpaired) electrons. The van der Waals surface area contributed by atoms with Crippen molar-refractivity contribution >= 4 is 0 Å². The van der Waals surface area contributed by atoms with E-state index in [2.05, 4.69) is 0 Å². The molecule has 0 aliphatic rings. The molecule has 0 saturated carbocycles. The van der Waals surface area contributed by atoms with Gasteiger partial charge in [-0.15, -0.1) is 0 Å². The van der Waals surface area contributed by atoms with E-state index >= 15 is 0 Å². The molecule has 2 unspecified atom stereocenters. The molecule has 0 spiro atoms. The number of ether oxygens (including phenoxy) is 1. The zero-order valence-corrected chi connectivity index (χ0v) is 12.1. The van der Waals surface area contributed by atoms with Crippen LogP contribution in [0.15, 0.2) is 42.5 Å². The second-order valence-corrected chi connectivity index (χ2v) is 5.10. The van der Waals surface area contributed by atoms with Gasteiger partial charge in [0, 0.05) is 12.1 Å². The normalized spacial score (nSPS) is 13.8. The van der Waals surface area contributed by atoms with Gasteiger partial charge >= 0.3 is 0 Å². The first-order chi connectivity index (χ1) is 10.0. The minimum absolute atomic E-state index is 0.235. The number of hydrogen-bond donors (Lipinski definition) is 1. The van der Waals surface area contributed by atoms with Crippen LogP contribution in [0.25, 0.3) is 0 Å². The molecular formula is C17H19F2NO. The van der Waals surface area contributed by atoms with Crippen LogP contribution in [0.2, 0.25) is 0 Å². The van der Waals surface area contributed by atoms with Gasteiger partial charge in [0.05, 0.1) is 0 Å². The summed E-state index contributed by atoms with van der Waals surface area (Å²) in [6, 6.07) is 11.1. The molecule has 0 aliphatic carbocycles. The van der Waals surface area contributed by atoms with E-state index < -0.39 is 17.7 Å². The minimum Gasteiger partial charge on any atom is -0.484 e. The third kappa shape index (κ3) is 3.79. The fourth-order valence-corrected chi connectivity index (χ4v) is 2.07. The Bertz CT molecular complexity index is 598. The first-order valence-electron chi connectivity index (χ1n) is 6.95. The Labute approximate surface area is 123 Å². The van der Waals surface area contributed by atoms with Gasteiger partial charge in [-0.1, -0.05) is 36.8 Å². The molecule has 2 N–H and O–H groups in total. The smallest absolute Gasteiger partial charge is 0.162 e. The summed E-state index contributed by atoms with van der Waals surface area (Å²) in [7, 11) is 0. The molecule has 112 valence electrons. The lowest BCUT2D eigenvalue weighted by Crippen LogP contribution is -2.31. The van der Waals surface area contributed by atoms with Gasteiger partial charge in [-0.05, 0) is 31.0 Å². The minimum atomic E-state index is -0.930. The second kappa shape index (κ2) is 6.68. The van der Waals surface area contributed by atoms with Gasteiger partial charge in [0.15, 0.2) is 11.6 Å². The third-order valence-corrected chi connectivity index (χ3v) is 3.42. The Balaban J connectivity index is 2.28. The summed E-state index contributed by atoms with van der Waals surface area (Å²) < 4.78 is 32.1. The van der Waals surface area contributed by atoms with Gasteiger partial charge in [-0.25, -0.2) is 8.78 Å². The maximum absolute atomic E-state index is 13.3. The lowest BCUT2D eigenvalue weighted by Gasteiger charge is -2.25. The molecule has 0 aliphatic heterocycles. The predicted molar refractivity (Wildman–Crippen MR) is 79.2 cm³/mol. The molecule has 2 nitrogen and oxygen atoms in total. The highest BCUT2D eigenvalue weighted by Crippen LogP contribution is 2.26. The molecule has 0 heterocycles. The van der Waals surface area contributed by atoms with Crippen molar-refractivity contribution < 1.29 is 13.5 Å². The summed E-state index contributed by atoms with van der Waals surface area (Å²) in [6.07, 6.45) is 0.308. The summed E-state index contributed by atoms with van der Waals surface area (Å²) in [5.41, 5.74) is 8.16. The second-order valence-electron chi connectivity index (χ2n) is 5.10. The molecule has 0 saturated heterocycles. The van der Waals surface area contributed by atoms with Crippen LogP contribution in [0, 0.1) is 18.6 Å². The molecule has 0 fully saturated rings. The van der Waals surface area contributed by atoms with Crippen molar-refractivity contribution in [1.29, 1.82) is 0 Å². The molecule has 0 aromatic heterocycles. The van der Waals surface area contributed by atoms with Crippen LogP contribution in [-0.2, 0) is 0 Å². The largest absolute Gasteiger partial charge is 0.484 e. The van der Waals surface area contributed by atoms with Crippen molar-refractivity contribution in [3.05, 3.63) is 65.2 Å². The number of hydrogen-bond acceptors (Lipinski definition) is 2. The van der Waals surface area contributed by atoms with Crippen molar-refractivity contribution in [1.82, 2.24) is 0 Å². The molecule has 0 bridgehead atoms. The molecule has 21 heavy (non-hydrogen) atoms. The summed E-state index contributed by atoms with van der Waals surface area (Å²) in [5.74, 6) is -1.56. The summed E-state index contributed by atoms with van der Waals surface area (Å²) >= 11 is 0. The highest BCUT2D eigenvalue weighted by atomic mass is 19.2. The van der Waals surface area contributed by atoms with E-state index in [-0.39, 0.29) is 11.8 Å². The molecule has 4 heteroatoms. The SMILES string of the molecule is CCC(N)C(Oc1ccc(F)c(F)c1)c1ccc(C)cc1. The monoisotopic (exact) mass is 291 g/mol. The standard InChI is InChI=1S/C17H19F2NO/c1-3-16(20)17(12-6-4-11(2)5-7-12)21-13-8-9-14(18)15(19)10-13/h4-10,16-17H,3,20H2,1-2H3. The number of aryl methyl sites for hydroxylation is 1. The lowest BCUT2D eigenvalue weighted by molar-refractivity contribution is 0.170. The zero-order valence-electron chi connectivity index (χ0n) is 12.1. The van der Waals surface area contributed by atoms with Crippen LogP contribution >= 0.6 is 0 Å². The maximum Gasteiger partial charge on any atom is 0.162 e. The average Bonchev–Trinajstić information content (AvgIpc) is 2.48. The average molecular weight is 291 g/mol. The van der Waals surface area contributed by atoms with Gasteiger partial charge in [-0.2, -0.15) is 0 Å². The van der Waals surface area contributed by atoms with Gasteiger partial charge in [0.25, 0.3) is 0 Å². The topological polar surface area (TPSA) is 35.2 Å². The van der Waals surface area contributed by atoms with Crippen molar-refractivity contribution in [3.8, 4) is 5.75 Å². The summed E-state index contributed by atoms with van der Waals surface area (Å²) in [5, 5.41) is 0. The molecule has 2 atom stereocenters. The van der Waals surface area contributed by atoms with Crippen LogP contribution in [0.1, 0.15) is 30.6 Å². The van der Waals surface area contributed by atoms with Crippen LogP contribution in [-0.4, -0.2) is 6.04 Å². The first kappa shape index (κ1) is 15.4. The molecule has 2 aromatic rings. The number of nitrogens with two attached hydrogens (primary N) is 1. The molecule has 2 rings (SSSR count). The van der Waals surface area contributed by atoms with Crippen molar-refractivity contribution in [2.24, 2.45) is 5.73 Å². The van der Waals surface area contributed by atoms with Gasteiger partial charge in [0.1, 0.15) is 11.9 Å². The Morgan fingerprint density at radius 1 is 1.05 bits per heavy atom. The zero-order chi connectivity index (χ0) is 15.4. The van der Waals surface area contributed by atoms with E-state index in [4.69, 9.17) is 10.5 Å². The van der Waals surface area contributed by atoms with E-state index in [1.165, 1.54) is 6.07 Å². The Hall–Kier alpha value is -1.94. The Morgan fingerprint density at radius 2 is 1.71 bits per heavy atom. The maximum atomic E-state index is 13.3. The fraction of sp³-hybridized carbons (Fsp3) is 0.294. The van der Waals surface area contributed by atoms with Crippen molar-refractivity contribution in [2.45, 2.75) is 32.4 Å². The van der Waals surface area contributed by atoms with Crippen molar-refractivity contribution in [2.75, 3.05) is 0 Å². The summed E-state index contributed by atoms with van der Waals surface area (Å²) in [4.78, 5) is 0. The quantitative estimate of drug-likeness (QED) is 0.899. The number of rotatable bonds is 5. The Morgan fingerprint density at radius 3 is 2.29 bits per heavy atom. The highest BCUT2D eigenvalue weighted by Gasteiger charge is 2.21. The van der Waals surface area contributed by atoms with Gasteiger partial charge in [-0.3, -0.25) is 0 Å². The van der Waals surface area contributed by atoms with Gasteiger partial charge < -0.3 is 10.5 Å². The van der Waals surface area contributed by atoms with Crippen LogP contribution in [0.5, 0.6) is 5.75 Å². The third-order valence-electron chi connectivity index (χ3n) is 3.42. The lowest BCUT2D eigenvalue weighted by atomic mass is 10.00. The van der Waals surface area contributed by atoms with Gasteiger partial charge in [0.2, 0.25) is 0 Å². The summed E-state index contributed by atoms with van der Waals surface area (Å²) in [6.45, 7) is 3.95.